The highest BCUT2D eigenvalue weighted by Crippen LogP contribution is 2.32. The molecular formula is C9H7Cl2NS. The first-order valence-electron chi connectivity index (χ1n) is 3.74. The number of halogens is 2. The van der Waals surface area contributed by atoms with Crippen molar-refractivity contribution in [2.45, 2.75) is 5.88 Å². The molecule has 0 saturated carbocycles. The van der Waals surface area contributed by atoms with Crippen molar-refractivity contribution >= 4 is 50.3 Å². The number of rotatable bonds is 1. The predicted octanol–water partition coefficient (Wildman–Crippen LogP) is 3.88. The third kappa shape index (κ3) is 1.62. The van der Waals surface area contributed by atoms with Gasteiger partial charge in [-0.05, 0) is 23.6 Å². The first kappa shape index (κ1) is 9.13. The lowest BCUT2D eigenvalue weighted by atomic mass is 10.2. The van der Waals surface area contributed by atoms with Gasteiger partial charge < -0.3 is 5.73 Å². The van der Waals surface area contributed by atoms with Crippen molar-refractivity contribution in [2.75, 3.05) is 5.73 Å². The van der Waals surface area contributed by atoms with Crippen LogP contribution in [-0.2, 0) is 5.88 Å². The Bertz CT molecular complexity index is 411. The van der Waals surface area contributed by atoms with Crippen molar-refractivity contribution in [3.63, 3.8) is 0 Å². The largest absolute Gasteiger partial charge is 0.397 e. The number of fused-ring (bicyclic) bond motifs is 1. The summed E-state index contributed by atoms with van der Waals surface area (Å²) in [6.45, 7) is 0. The van der Waals surface area contributed by atoms with Crippen molar-refractivity contribution in [1.82, 2.24) is 0 Å². The second-order valence-corrected chi connectivity index (χ2v) is 4.60. The Morgan fingerprint density at radius 3 is 2.77 bits per heavy atom. The fourth-order valence-corrected chi connectivity index (χ4v) is 2.55. The van der Waals surface area contributed by atoms with Gasteiger partial charge in [-0.2, -0.15) is 0 Å². The lowest BCUT2D eigenvalue weighted by molar-refractivity contribution is 1.54. The normalized spacial score (nSPS) is 10.9. The Balaban J connectivity index is 2.70. The number of benzene rings is 1. The minimum atomic E-state index is 0.539. The first-order valence-corrected chi connectivity index (χ1v) is 5.47. The molecule has 68 valence electrons. The number of alkyl halides is 1. The van der Waals surface area contributed by atoms with Crippen LogP contribution in [0.1, 0.15) is 4.88 Å². The average Bonchev–Trinajstić information content (AvgIpc) is 2.48. The molecule has 4 heteroatoms. The van der Waals surface area contributed by atoms with Gasteiger partial charge in [0.1, 0.15) is 0 Å². The summed E-state index contributed by atoms with van der Waals surface area (Å²) in [6, 6.07) is 5.80. The lowest BCUT2D eigenvalue weighted by Gasteiger charge is -1.96. The van der Waals surface area contributed by atoms with E-state index in [2.05, 4.69) is 0 Å². The Hall–Kier alpha value is -0.440. The average molecular weight is 232 g/mol. The third-order valence-corrected chi connectivity index (χ3v) is 3.69. The molecule has 13 heavy (non-hydrogen) atoms. The van der Waals surface area contributed by atoms with Gasteiger partial charge in [-0.3, -0.25) is 0 Å². The topological polar surface area (TPSA) is 26.0 Å². The van der Waals surface area contributed by atoms with Gasteiger partial charge in [0, 0.05) is 9.58 Å². The van der Waals surface area contributed by atoms with E-state index in [1.807, 2.05) is 18.2 Å². The van der Waals surface area contributed by atoms with Crippen LogP contribution >= 0.6 is 34.5 Å². The molecule has 0 fully saturated rings. The molecule has 1 nitrogen and oxygen atoms in total. The van der Waals surface area contributed by atoms with Gasteiger partial charge >= 0.3 is 0 Å². The van der Waals surface area contributed by atoms with Crippen LogP contribution in [0.4, 0.5) is 5.69 Å². The number of nitrogens with two attached hydrogens (primary N) is 1. The van der Waals surface area contributed by atoms with E-state index in [0.29, 0.717) is 16.6 Å². The number of thiophene rings is 1. The van der Waals surface area contributed by atoms with Crippen molar-refractivity contribution in [3.05, 3.63) is 28.1 Å². The Morgan fingerprint density at radius 1 is 1.31 bits per heavy atom. The Kier molecular flexibility index (Phi) is 2.37. The quantitative estimate of drug-likeness (QED) is 0.586. The minimum absolute atomic E-state index is 0.539. The molecule has 0 aliphatic carbocycles. The standard InChI is InChI=1S/C9H7Cl2NS/c10-4-6-1-5-2-7(11)8(12)3-9(5)13-6/h1-3H,4,12H2. The Labute approximate surface area is 90.1 Å². The van der Waals surface area contributed by atoms with Gasteiger partial charge in [0.15, 0.2) is 0 Å². The monoisotopic (exact) mass is 231 g/mol. The van der Waals surface area contributed by atoms with Gasteiger partial charge in [0.05, 0.1) is 16.6 Å². The van der Waals surface area contributed by atoms with Crippen LogP contribution in [0.25, 0.3) is 10.1 Å². The molecule has 0 atom stereocenters. The zero-order valence-corrected chi connectivity index (χ0v) is 9.01. The van der Waals surface area contributed by atoms with Crippen LogP contribution in [0, 0.1) is 0 Å². The van der Waals surface area contributed by atoms with Gasteiger partial charge in [-0.25, -0.2) is 0 Å². The van der Waals surface area contributed by atoms with E-state index in [4.69, 9.17) is 28.9 Å². The van der Waals surface area contributed by atoms with Crippen LogP contribution in [0.3, 0.4) is 0 Å². The summed E-state index contributed by atoms with van der Waals surface area (Å²) in [5.74, 6) is 0.539. The second kappa shape index (κ2) is 3.37. The smallest absolute Gasteiger partial charge is 0.0642 e. The number of nitrogen functional groups attached to an aromatic ring is 1. The summed E-state index contributed by atoms with van der Waals surface area (Å²) in [6.07, 6.45) is 0. The van der Waals surface area contributed by atoms with Gasteiger partial charge in [-0.15, -0.1) is 22.9 Å². The zero-order chi connectivity index (χ0) is 9.42. The summed E-state index contributed by atoms with van der Waals surface area (Å²) in [4.78, 5) is 1.14. The fourth-order valence-electron chi connectivity index (χ4n) is 1.20. The molecule has 0 bridgehead atoms. The molecule has 0 radical (unpaired) electrons. The molecular weight excluding hydrogens is 225 g/mol. The van der Waals surface area contributed by atoms with Crippen LogP contribution < -0.4 is 5.73 Å². The maximum absolute atomic E-state index is 5.89. The summed E-state index contributed by atoms with van der Waals surface area (Å²) in [7, 11) is 0. The van der Waals surface area contributed by atoms with Gasteiger partial charge in [0.25, 0.3) is 0 Å². The molecule has 1 aromatic carbocycles. The van der Waals surface area contributed by atoms with E-state index in [1.54, 1.807) is 11.3 Å². The highest BCUT2D eigenvalue weighted by atomic mass is 35.5. The van der Waals surface area contributed by atoms with E-state index in [1.165, 1.54) is 0 Å². The molecule has 0 spiro atoms. The van der Waals surface area contributed by atoms with Crippen LogP contribution in [0.5, 0.6) is 0 Å². The summed E-state index contributed by atoms with van der Waals surface area (Å²) >= 11 is 13.3. The SMILES string of the molecule is Nc1cc2sc(CCl)cc2cc1Cl. The first-order chi connectivity index (χ1) is 6.20. The zero-order valence-electron chi connectivity index (χ0n) is 6.68. The van der Waals surface area contributed by atoms with Gasteiger partial charge in [0.2, 0.25) is 0 Å². The maximum atomic E-state index is 5.89. The third-order valence-electron chi connectivity index (χ3n) is 1.82. The highest BCUT2D eigenvalue weighted by Gasteiger charge is 2.04. The maximum Gasteiger partial charge on any atom is 0.0642 e. The van der Waals surface area contributed by atoms with E-state index in [-0.39, 0.29) is 0 Å². The fraction of sp³-hybridized carbons (Fsp3) is 0.111. The Morgan fingerprint density at radius 2 is 2.08 bits per heavy atom. The second-order valence-electron chi connectivity index (χ2n) is 2.76. The number of hydrogen-bond donors (Lipinski definition) is 1. The molecule has 0 saturated heterocycles. The lowest BCUT2D eigenvalue weighted by Crippen LogP contribution is -1.83. The predicted molar refractivity (Wildman–Crippen MR) is 60.8 cm³/mol. The molecule has 2 N–H and O–H groups in total. The van der Waals surface area contributed by atoms with Crippen molar-refractivity contribution < 1.29 is 0 Å². The summed E-state index contributed by atoms with van der Waals surface area (Å²) < 4.78 is 1.14. The van der Waals surface area contributed by atoms with Gasteiger partial charge in [-0.1, -0.05) is 11.6 Å². The van der Waals surface area contributed by atoms with E-state index in [9.17, 15) is 0 Å². The van der Waals surface area contributed by atoms with Crippen molar-refractivity contribution in [3.8, 4) is 0 Å². The minimum Gasteiger partial charge on any atom is -0.397 e. The van der Waals surface area contributed by atoms with E-state index < -0.39 is 0 Å². The van der Waals surface area contributed by atoms with Crippen LogP contribution in [0.15, 0.2) is 18.2 Å². The molecule has 0 aliphatic heterocycles. The van der Waals surface area contributed by atoms with Crippen molar-refractivity contribution in [2.24, 2.45) is 0 Å². The van der Waals surface area contributed by atoms with Crippen molar-refractivity contribution in [1.29, 1.82) is 0 Å². The van der Waals surface area contributed by atoms with Crippen LogP contribution in [-0.4, -0.2) is 0 Å². The molecule has 0 amide bonds. The molecule has 2 aromatic rings. The molecule has 0 aliphatic rings. The van der Waals surface area contributed by atoms with E-state index in [0.717, 1.165) is 15.0 Å². The van der Waals surface area contributed by atoms with E-state index >= 15 is 0 Å². The summed E-state index contributed by atoms with van der Waals surface area (Å²) in [5.41, 5.74) is 6.30. The number of anilines is 1. The highest BCUT2D eigenvalue weighted by molar-refractivity contribution is 7.19. The van der Waals surface area contributed by atoms with Crippen LogP contribution in [0.2, 0.25) is 5.02 Å². The molecule has 1 heterocycles. The molecule has 2 rings (SSSR count). The molecule has 1 aromatic heterocycles. The number of hydrogen-bond acceptors (Lipinski definition) is 2. The molecule has 0 unspecified atom stereocenters. The summed E-state index contributed by atoms with van der Waals surface area (Å²) in [5, 5.41) is 1.71.